The quantitative estimate of drug-likeness (QED) is 0.739. The maximum absolute atomic E-state index is 11.5. The van der Waals surface area contributed by atoms with Gasteiger partial charge in [-0.1, -0.05) is 0 Å². The van der Waals surface area contributed by atoms with Crippen LogP contribution < -0.4 is 5.32 Å². The Bertz CT molecular complexity index is 181. The third-order valence-corrected chi connectivity index (χ3v) is 3.54. The van der Waals surface area contributed by atoms with E-state index in [2.05, 4.69) is 5.32 Å². The van der Waals surface area contributed by atoms with E-state index in [1.165, 1.54) is 11.5 Å². The lowest BCUT2D eigenvalue weighted by Gasteiger charge is -2.21. The summed E-state index contributed by atoms with van der Waals surface area (Å²) < 4.78 is 0. The fraction of sp³-hybridized carbons (Fsp3) is 0.900. The second-order valence-electron chi connectivity index (χ2n) is 3.91. The van der Waals surface area contributed by atoms with Crippen LogP contribution in [0.25, 0.3) is 0 Å². The summed E-state index contributed by atoms with van der Waals surface area (Å²) in [5.41, 5.74) is 0. The Kier molecular flexibility index (Phi) is 5.33. The molecule has 1 saturated heterocycles. The summed E-state index contributed by atoms with van der Waals surface area (Å²) >= 11 is 1.97. The topological polar surface area (TPSA) is 49.3 Å². The number of rotatable bonds is 4. The highest BCUT2D eigenvalue weighted by atomic mass is 32.2. The summed E-state index contributed by atoms with van der Waals surface area (Å²) in [6.07, 6.45) is 2.95. The molecule has 4 heteroatoms. The molecule has 2 N–H and O–H groups in total. The van der Waals surface area contributed by atoms with Crippen molar-refractivity contribution in [1.29, 1.82) is 0 Å². The standard InChI is InChI=1S/C10H19NO2S/c1-8(7-12)11-10(13)6-9-2-4-14-5-3-9/h8-9,12H,2-7H2,1H3,(H,11,13)/t8-/m0/s1. The molecule has 1 amide bonds. The highest BCUT2D eigenvalue weighted by Crippen LogP contribution is 2.24. The number of nitrogens with one attached hydrogen (secondary N) is 1. The van der Waals surface area contributed by atoms with Crippen LogP contribution in [-0.2, 0) is 4.79 Å². The largest absolute Gasteiger partial charge is 0.394 e. The maximum atomic E-state index is 11.5. The van der Waals surface area contributed by atoms with Crippen molar-refractivity contribution in [2.45, 2.75) is 32.2 Å². The lowest BCUT2D eigenvalue weighted by Crippen LogP contribution is -2.36. The first-order chi connectivity index (χ1) is 6.72. The lowest BCUT2D eigenvalue weighted by atomic mass is 9.98. The number of carbonyl (C=O) groups excluding carboxylic acids is 1. The molecule has 1 atom stereocenters. The van der Waals surface area contributed by atoms with E-state index in [0.717, 1.165) is 12.8 Å². The van der Waals surface area contributed by atoms with Gasteiger partial charge in [0.05, 0.1) is 6.61 Å². The Morgan fingerprint density at radius 1 is 1.57 bits per heavy atom. The number of aliphatic hydroxyl groups is 1. The summed E-state index contributed by atoms with van der Waals surface area (Å²) in [4.78, 5) is 11.5. The molecule has 82 valence electrons. The number of carbonyl (C=O) groups is 1. The van der Waals surface area contributed by atoms with Crippen LogP contribution in [0.2, 0.25) is 0 Å². The van der Waals surface area contributed by atoms with Crippen molar-refractivity contribution in [2.75, 3.05) is 18.1 Å². The zero-order valence-corrected chi connectivity index (χ0v) is 9.48. The van der Waals surface area contributed by atoms with E-state index in [1.54, 1.807) is 0 Å². The van der Waals surface area contributed by atoms with Gasteiger partial charge in [0.1, 0.15) is 0 Å². The maximum Gasteiger partial charge on any atom is 0.220 e. The van der Waals surface area contributed by atoms with Crippen LogP contribution in [0.15, 0.2) is 0 Å². The van der Waals surface area contributed by atoms with Gasteiger partial charge in [-0.2, -0.15) is 11.8 Å². The van der Waals surface area contributed by atoms with Crippen LogP contribution in [-0.4, -0.2) is 35.2 Å². The molecule has 0 aromatic rings. The predicted molar refractivity (Wildman–Crippen MR) is 59.4 cm³/mol. The van der Waals surface area contributed by atoms with Gasteiger partial charge in [0.2, 0.25) is 5.91 Å². The van der Waals surface area contributed by atoms with Gasteiger partial charge in [-0.25, -0.2) is 0 Å². The fourth-order valence-corrected chi connectivity index (χ4v) is 2.80. The van der Waals surface area contributed by atoms with Crippen LogP contribution in [0.4, 0.5) is 0 Å². The molecule has 1 fully saturated rings. The molecule has 0 radical (unpaired) electrons. The molecule has 1 aliphatic rings. The zero-order chi connectivity index (χ0) is 10.4. The third kappa shape index (κ3) is 4.33. The highest BCUT2D eigenvalue weighted by molar-refractivity contribution is 7.99. The number of amides is 1. The Morgan fingerprint density at radius 2 is 2.21 bits per heavy atom. The molecule has 1 rings (SSSR count). The van der Waals surface area contributed by atoms with E-state index in [4.69, 9.17) is 5.11 Å². The number of hydrogen-bond acceptors (Lipinski definition) is 3. The summed E-state index contributed by atoms with van der Waals surface area (Å²) in [7, 11) is 0. The Morgan fingerprint density at radius 3 is 2.79 bits per heavy atom. The van der Waals surface area contributed by atoms with Crippen molar-refractivity contribution >= 4 is 17.7 Å². The number of aliphatic hydroxyl groups excluding tert-OH is 1. The van der Waals surface area contributed by atoms with E-state index in [-0.39, 0.29) is 18.6 Å². The molecule has 1 heterocycles. The fourth-order valence-electron chi connectivity index (χ4n) is 1.59. The average Bonchev–Trinajstić information content (AvgIpc) is 2.19. The van der Waals surface area contributed by atoms with Crippen molar-refractivity contribution in [3.63, 3.8) is 0 Å². The second kappa shape index (κ2) is 6.30. The van der Waals surface area contributed by atoms with Crippen LogP contribution in [0.3, 0.4) is 0 Å². The minimum absolute atomic E-state index is 0.0201. The molecule has 14 heavy (non-hydrogen) atoms. The van der Waals surface area contributed by atoms with Crippen molar-refractivity contribution in [2.24, 2.45) is 5.92 Å². The molecule has 0 bridgehead atoms. The summed E-state index contributed by atoms with van der Waals surface area (Å²) in [5.74, 6) is 3.02. The Hall–Kier alpha value is -0.220. The molecule has 0 aromatic heterocycles. The summed E-state index contributed by atoms with van der Waals surface area (Å²) in [6, 6.07) is -0.111. The second-order valence-corrected chi connectivity index (χ2v) is 5.14. The lowest BCUT2D eigenvalue weighted by molar-refractivity contribution is -0.122. The minimum atomic E-state index is -0.111. The molecule has 0 unspecified atom stereocenters. The molecule has 0 aromatic carbocycles. The SMILES string of the molecule is C[C@@H](CO)NC(=O)CC1CCSCC1. The first-order valence-corrected chi connectivity index (χ1v) is 6.35. The molecule has 0 saturated carbocycles. The molecule has 1 aliphatic heterocycles. The molecular weight excluding hydrogens is 198 g/mol. The van der Waals surface area contributed by atoms with Gasteiger partial charge in [-0.05, 0) is 37.2 Å². The van der Waals surface area contributed by atoms with Gasteiger partial charge < -0.3 is 10.4 Å². The molecule has 0 aliphatic carbocycles. The predicted octanol–water partition coefficient (Wildman–Crippen LogP) is 1.02. The van der Waals surface area contributed by atoms with Crippen molar-refractivity contribution in [3.05, 3.63) is 0 Å². The first kappa shape index (κ1) is 11.9. The normalized spacial score (nSPS) is 20.4. The Labute approximate surface area is 89.6 Å². The smallest absolute Gasteiger partial charge is 0.220 e. The van der Waals surface area contributed by atoms with Gasteiger partial charge in [0.15, 0.2) is 0 Å². The van der Waals surface area contributed by atoms with Gasteiger partial charge in [-0.3, -0.25) is 4.79 Å². The van der Waals surface area contributed by atoms with E-state index in [9.17, 15) is 4.79 Å². The van der Waals surface area contributed by atoms with E-state index < -0.39 is 0 Å². The van der Waals surface area contributed by atoms with Gasteiger partial charge in [-0.15, -0.1) is 0 Å². The van der Waals surface area contributed by atoms with Gasteiger partial charge in [0, 0.05) is 12.5 Å². The number of hydrogen-bond donors (Lipinski definition) is 2. The van der Waals surface area contributed by atoms with Gasteiger partial charge >= 0.3 is 0 Å². The summed E-state index contributed by atoms with van der Waals surface area (Å²) in [6.45, 7) is 1.83. The number of thioether (sulfide) groups is 1. The van der Waals surface area contributed by atoms with Crippen molar-refractivity contribution in [1.82, 2.24) is 5.32 Å². The highest BCUT2D eigenvalue weighted by Gasteiger charge is 2.17. The van der Waals surface area contributed by atoms with Crippen LogP contribution >= 0.6 is 11.8 Å². The third-order valence-electron chi connectivity index (χ3n) is 2.50. The molecule has 3 nitrogen and oxygen atoms in total. The zero-order valence-electron chi connectivity index (χ0n) is 8.66. The van der Waals surface area contributed by atoms with E-state index >= 15 is 0 Å². The van der Waals surface area contributed by atoms with E-state index in [1.807, 2.05) is 18.7 Å². The van der Waals surface area contributed by atoms with Crippen molar-refractivity contribution < 1.29 is 9.90 Å². The first-order valence-electron chi connectivity index (χ1n) is 5.20. The minimum Gasteiger partial charge on any atom is -0.394 e. The van der Waals surface area contributed by atoms with Gasteiger partial charge in [0.25, 0.3) is 0 Å². The Balaban J connectivity index is 2.18. The van der Waals surface area contributed by atoms with E-state index in [0.29, 0.717) is 12.3 Å². The van der Waals surface area contributed by atoms with Crippen LogP contribution in [0, 0.1) is 5.92 Å². The monoisotopic (exact) mass is 217 g/mol. The van der Waals surface area contributed by atoms with Crippen LogP contribution in [0.5, 0.6) is 0 Å². The summed E-state index contributed by atoms with van der Waals surface area (Å²) in [5, 5.41) is 11.6. The van der Waals surface area contributed by atoms with Crippen molar-refractivity contribution in [3.8, 4) is 0 Å². The average molecular weight is 217 g/mol. The van der Waals surface area contributed by atoms with Crippen LogP contribution in [0.1, 0.15) is 26.2 Å². The molecule has 0 spiro atoms. The molecular formula is C10H19NO2S.